The van der Waals surface area contributed by atoms with Gasteiger partial charge in [0, 0.05) is 18.3 Å². The van der Waals surface area contributed by atoms with E-state index in [9.17, 15) is 5.11 Å². The first-order valence-electron chi connectivity index (χ1n) is 6.82. The Morgan fingerprint density at radius 1 is 1.39 bits per heavy atom. The van der Waals surface area contributed by atoms with E-state index in [1.807, 2.05) is 12.3 Å². The molecule has 1 aliphatic carbocycles. The van der Waals surface area contributed by atoms with Gasteiger partial charge < -0.3 is 14.7 Å². The molecule has 0 spiro atoms. The number of hydrogen-bond donors (Lipinski definition) is 1. The van der Waals surface area contributed by atoms with Gasteiger partial charge in [-0.15, -0.1) is 0 Å². The molecule has 0 aromatic carbocycles. The van der Waals surface area contributed by atoms with Crippen LogP contribution in [0.3, 0.4) is 0 Å². The lowest BCUT2D eigenvalue weighted by Crippen LogP contribution is -2.53. The molecule has 4 heteroatoms. The summed E-state index contributed by atoms with van der Waals surface area (Å²) in [6, 6.07) is 2.37. The molecular weight excluding hydrogens is 228 g/mol. The van der Waals surface area contributed by atoms with E-state index in [0.717, 1.165) is 30.8 Å². The maximum atomic E-state index is 9.46. The van der Waals surface area contributed by atoms with Gasteiger partial charge >= 0.3 is 0 Å². The smallest absolute Gasteiger partial charge is 0.0779 e. The number of aliphatic hydroxyl groups is 1. The average molecular weight is 248 g/mol. The standard InChI is InChI=1S/C14H20N2O2/c17-10-11-5-6-15-9-13(11)16-7-8-18-14-4-2-1-3-12(14)16/h5-6,9,12,14,17H,1-4,7-8,10H2. The largest absolute Gasteiger partial charge is 0.392 e. The number of nitrogens with zero attached hydrogens (tertiary/aromatic N) is 2. The molecule has 2 atom stereocenters. The number of ether oxygens (including phenoxy) is 1. The van der Waals surface area contributed by atoms with Crippen molar-refractivity contribution in [3.05, 3.63) is 24.0 Å². The van der Waals surface area contributed by atoms with Crippen LogP contribution in [0.1, 0.15) is 31.2 Å². The second-order valence-corrected chi connectivity index (χ2v) is 5.12. The normalized spacial score (nSPS) is 27.9. The van der Waals surface area contributed by atoms with E-state index < -0.39 is 0 Å². The Kier molecular flexibility index (Phi) is 3.48. The van der Waals surface area contributed by atoms with E-state index in [0.29, 0.717) is 12.1 Å². The van der Waals surface area contributed by atoms with E-state index in [1.165, 1.54) is 19.3 Å². The monoisotopic (exact) mass is 248 g/mol. The Morgan fingerprint density at radius 3 is 3.17 bits per heavy atom. The highest BCUT2D eigenvalue weighted by atomic mass is 16.5. The fourth-order valence-electron chi connectivity index (χ4n) is 3.20. The SMILES string of the molecule is OCc1ccncc1N1CCOC2CCCCC21. The van der Waals surface area contributed by atoms with Crippen LogP contribution in [0.2, 0.25) is 0 Å². The highest BCUT2D eigenvalue weighted by Gasteiger charge is 2.34. The third kappa shape index (κ3) is 2.10. The van der Waals surface area contributed by atoms with Crippen LogP contribution in [0.5, 0.6) is 0 Å². The summed E-state index contributed by atoms with van der Waals surface area (Å²) in [6.07, 6.45) is 8.88. The molecule has 1 N–H and O–H groups in total. The predicted octanol–water partition coefficient (Wildman–Crippen LogP) is 1.72. The maximum absolute atomic E-state index is 9.46. The van der Waals surface area contributed by atoms with Gasteiger partial charge in [-0.1, -0.05) is 12.8 Å². The molecule has 1 aliphatic heterocycles. The molecule has 2 fully saturated rings. The topological polar surface area (TPSA) is 45.6 Å². The Bertz CT molecular complexity index is 409. The Morgan fingerprint density at radius 2 is 2.28 bits per heavy atom. The molecule has 2 unspecified atom stereocenters. The van der Waals surface area contributed by atoms with Crippen molar-refractivity contribution in [3.8, 4) is 0 Å². The van der Waals surface area contributed by atoms with Crippen molar-refractivity contribution >= 4 is 5.69 Å². The van der Waals surface area contributed by atoms with Crippen LogP contribution >= 0.6 is 0 Å². The highest BCUT2D eigenvalue weighted by Crippen LogP contribution is 2.33. The van der Waals surface area contributed by atoms with Crippen LogP contribution in [0.15, 0.2) is 18.5 Å². The minimum atomic E-state index is 0.0760. The molecule has 0 bridgehead atoms. The lowest BCUT2D eigenvalue weighted by molar-refractivity contribution is -0.00882. The van der Waals surface area contributed by atoms with Gasteiger partial charge in [0.1, 0.15) is 0 Å². The van der Waals surface area contributed by atoms with Gasteiger partial charge in [0.2, 0.25) is 0 Å². The number of aliphatic hydroxyl groups excluding tert-OH is 1. The molecule has 0 radical (unpaired) electrons. The van der Waals surface area contributed by atoms with Gasteiger partial charge in [-0.2, -0.15) is 0 Å². The Hall–Kier alpha value is -1.13. The second-order valence-electron chi connectivity index (χ2n) is 5.12. The minimum absolute atomic E-state index is 0.0760. The number of rotatable bonds is 2. The molecule has 1 aromatic rings. The molecule has 98 valence electrons. The van der Waals surface area contributed by atoms with Gasteiger partial charge in [0.05, 0.1) is 37.2 Å². The van der Waals surface area contributed by atoms with Crippen LogP contribution in [0.25, 0.3) is 0 Å². The van der Waals surface area contributed by atoms with Gasteiger partial charge in [0.15, 0.2) is 0 Å². The van der Waals surface area contributed by atoms with Crippen molar-refractivity contribution in [1.29, 1.82) is 0 Å². The van der Waals surface area contributed by atoms with E-state index in [-0.39, 0.29) is 6.61 Å². The first-order chi connectivity index (χ1) is 8.90. The molecule has 2 aliphatic rings. The number of hydrogen-bond acceptors (Lipinski definition) is 4. The zero-order chi connectivity index (χ0) is 12.4. The molecule has 18 heavy (non-hydrogen) atoms. The van der Waals surface area contributed by atoms with Gasteiger partial charge in [-0.25, -0.2) is 0 Å². The van der Waals surface area contributed by atoms with Crippen molar-refractivity contribution < 1.29 is 9.84 Å². The van der Waals surface area contributed by atoms with Crippen LogP contribution in [0.4, 0.5) is 5.69 Å². The van der Waals surface area contributed by atoms with Crippen LogP contribution < -0.4 is 4.90 Å². The van der Waals surface area contributed by atoms with Gasteiger partial charge in [0.25, 0.3) is 0 Å². The molecule has 4 nitrogen and oxygen atoms in total. The summed E-state index contributed by atoms with van der Waals surface area (Å²) >= 11 is 0. The first kappa shape index (κ1) is 11.9. The Labute approximate surface area is 108 Å². The van der Waals surface area contributed by atoms with Crippen molar-refractivity contribution in [1.82, 2.24) is 4.98 Å². The van der Waals surface area contributed by atoms with Gasteiger partial charge in [-0.3, -0.25) is 4.98 Å². The zero-order valence-electron chi connectivity index (χ0n) is 10.6. The van der Waals surface area contributed by atoms with Gasteiger partial charge in [-0.05, 0) is 18.9 Å². The lowest BCUT2D eigenvalue weighted by atomic mass is 9.89. The number of aromatic nitrogens is 1. The lowest BCUT2D eigenvalue weighted by Gasteiger charge is -2.45. The van der Waals surface area contributed by atoms with E-state index in [1.54, 1.807) is 6.20 Å². The van der Waals surface area contributed by atoms with Crippen molar-refractivity contribution in [3.63, 3.8) is 0 Å². The molecular formula is C14H20N2O2. The summed E-state index contributed by atoms with van der Waals surface area (Å²) in [4.78, 5) is 6.61. The van der Waals surface area contributed by atoms with Crippen molar-refractivity contribution in [2.24, 2.45) is 0 Å². The summed E-state index contributed by atoms with van der Waals surface area (Å²) in [5, 5.41) is 9.46. The molecule has 3 rings (SSSR count). The number of pyridine rings is 1. The van der Waals surface area contributed by atoms with E-state index in [4.69, 9.17) is 4.74 Å². The average Bonchev–Trinajstić information content (AvgIpc) is 2.46. The van der Waals surface area contributed by atoms with Crippen LogP contribution in [0, 0.1) is 0 Å². The first-order valence-corrected chi connectivity index (χ1v) is 6.82. The highest BCUT2D eigenvalue weighted by molar-refractivity contribution is 5.53. The predicted molar refractivity (Wildman–Crippen MR) is 69.5 cm³/mol. The Balaban J connectivity index is 1.89. The fourth-order valence-corrected chi connectivity index (χ4v) is 3.20. The molecule has 1 aromatic heterocycles. The second kappa shape index (κ2) is 5.24. The molecule has 2 heterocycles. The van der Waals surface area contributed by atoms with E-state index in [2.05, 4.69) is 9.88 Å². The summed E-state index contributed by atoms with van der Waals surface area (Å²) in [5.74, 6) is 0. The number of morpholine rings is 1. The minimum Gasteiger partial charge on any atom is -0.392 e. The van der Waals surface area contributed by atoms with E-state index >= 15 is 0 Å². The van der Waals surface area contributed by atoms with Crippen LogP contribution in [-0.2, 0) is 11.3 Å². The quantitative estimate of drug-likeness (QED) is 0.865. The molecule has 0 amide bonds. The third-order valence-electron chi connectivity index (χ3n) is 4.10. The molecule has 1 saturated carbocycles. The van der Waals surface area contributed by atoms with Crippen molar-refractivity contribution in [2.75, 3.05) is 18.1 Å². The summed E-state index contributed by atoms with van der Waals surface area (Å²) < 4.78 is 5.88. The number of fused-ring (bicyclic) bond motifs is 1. The van der Waals surface area contributed by atoms with Crippen molar-refractivity contribution in [2.45, 2.75) is 44.4 Å². The summed E-state index contributed by atoms with van der Waals surface area (Å²) in [5.41, 5.74) is 2.05. The molecule has 1 saturated heterocycles. The fraction of sp³-hybridized carbons (Fsp3) is 0.643. The number of anilines is 1. The summed E-state index contributed by atoms with van der Waals surface area (Å²) in [6.45, 7) is 1.76. The summed E-state index contributed by atoms with van der Waals surface area (Å²) in [7, 11) is 0. The zero-order valence-corrected chi connectivity index (χ0v) is 10.6. The van der Waals surface area contributed by atoms with Crippen LogP contribution in [-0.4, -0.2) is 35.4 Å². The third-order valence-corrected chi connectivity index (χ3v) is 4.10. The maximum Gasteiger partial charge on any atom is 0.0779 e.